The fourth-order valence-electron chi connectivity index (χ4n) is 11.1. The van der Waals surface area contributed by atoms with Crippen molar-refractivity contribution in [2.45, 2.75) is 202 Å². The predicted octanol–water partition coefficient (Wildman–Crippen LogP) is 3.15. The molecule has 1 aromatic rings. The average molecular weight is 1180 g/mol. The zero-order valence-corrected chi connectivity index (χ0v) is 53.7. The topological polar surface area (TPSA) is 274 Å². The van der Waals surface area contributed by atoms with E-state index in [1.807, 2.05) is 13.8 Å². The molecule has 2 aliphatic heterocycles. The molecule has 4 N–H and O–H groups in total. The third kappa shape index (κ3) is 18.3. The first-order valence-corrected chi connectivity index (χ1v) is 29.7. The molecule has 0 bridgehead atoms. The normalized spacial score (nSPS) is 26.2. The lowest BCUT2D eigenvalue weighted by Crippen LogP contribution is -2.63. The van der Waals surface area contributed by atoms with Crippen molar-refractivity contribution in [2.24, 2.45) is 29.6 Å². The standard InChI is InChI=1S/C61H100N10O13/c1-21-37(9)50-52(74)62-33-46(73)67(16)48(35(5)6)53(75)63-42(31-40-26-28-41(83-20)29-27-40)60(82)84-39(11)55(77)71-30-24-23-25-43(71)56(78)68(17)49(36(7)8)54(76)64-47(34(3)4)58(80)66(15)44(32-45(72)65-61(12,13)14)57(79)70(19)51(38(10)22-2)59(81)69(50)18/h26-29,34-39,42-44,47-51H,21-25,30-33H2,1-20H3,(H,62,74)(H,63,75)(H,64,76)(H,65,72)/t37-,38-,39+,42-,43-,44-,47-,48-,49-,50-,51-/m0/s1. The summed E-state index contributed by atoms with van der Waals surface area (Å²) in [4.78, 5) is 168. The van der Waals surface area contributed by atoms with Gasteiger partial charge in [-0.25, -0.2) is 4.79 Å². The van der Waals surface area contributed by atoms with E-state index in [2.05, 4.69) is 21.3 Å². The number of fused-ring (bicyclic) bond motifs is 1. The number of hydrogen-bond acceptors (Lipinski definition) is 13. The highest BCUT2D eigenvalue weighted by molar-refractivity contribution is 6.00. The van der Waals surface area contributed by atoms with Gasteiger partial charge in [0.05, 0.1) is 20.1 Å². The van der Waals surface area contributed by atoms with Gasteiger partial charge in [0.2, 0.25) is 53.2 Å². The molecule has 2 fully saturated rings. The quantitative estimate of drug-likeness (QED) is 0.219. The molecule has 11 atom stereocenters. The Balaban J connectivity index is 2.31. The van der Waals surface area contributed by atoms with Crippen molar-refractivity contribution in [1.82, 2.24) is 50.7 Å². The molecule has 0 aliphatic carbocycles. The summed E-state index contributed by atoms with van der Waals surface area (Å²) >= 11 is 0. The summed E-state index contributed by atoms with van der Waals surface area (Å²) in [5.41, 5.74) is -0.161. The maximum atomic E-state index is 15.2. The third-order valence-electron chi connectivity index (χ3n) is 16.3. The number of carbonyl (C=O) groups is 11. The molecular weight excluding hydrogens is 1080 g/mol. The van der Waals surface area contributed by atoms with Gasteiger partial charge in [0.15, 0.2) is 6.10 Å². The average Bonchev–Trinajstić information content (AvgIpc) is 3.43. The number of rotatable bonds is 12. The van der Waals surface area contributed by atoms with Crippen LogP contribution < -0.4 is 26.0 Å². The highest BCUT2D eigenvalue weighted by Gasteiger charge is 2.46. The summed E-state index contributed by atoms with van der Waals surface area (Å²) in [7, 11) is 8.52. The van der Waals surface area contributed by atoms with Gasteiger partial charge in [-0.05, 0) is 94.2 Å². The number of hydrogen-bond donors (Lipinski definition) is 4. The molecule has 0 radical (unpaired) electrons. The lowest BCUT2D eigenvalue weighted by molar-refractivity contribution is -0.165. The van der Waals surface area contributed by atoms with Gasteiger partial charge >= 0.3 is 5.97 Å². The van der Waals surface area contributed by atoms with E-state index in [1.165, 1.54) is 68.9 Å². The number of esters is 1. The Morgan fingerprint density at radius 1 is 0.643 bits per heavy atom. The Kier molecular flexibility index (Phi) is 26.7. The number of cyclic esters (lactones) is 1. The monoisotopic (exact) mass is 1180 g/mol. The van der Waals surface area contributed by atoms with E-state index in [0.29, 0.717) is 37.0 Å². The van der Waals surface area contributed by atoms with Gasteiger partial charge in [-0.3, -0.25) is 47.9 Å². The first-order valence-electron chi connectivity index (χ1n) is 29.7. The summed E-state index contributed by atoms with van der Waals surface area (Å²) in [5.74, 6) is -9.97. The lowest BCUT2D eigenvalue weighted by Gasteiger charge is -2.41. The van der Waals surface area contributed by atoms with E-state index in [0.717, 1.165) is 9.80 Å². The number of ether oxygens (including phenoxy) is 2. The number of benzene rings is 1. The molecule has 84 heavy (non-hydrogen) atoms. The Morgan fingerprint density at radius 2 is 1.17 bits per heavy atom. The van der Waals surface area contributed by atoms with Crippen molar-refractivity contribution in [2.75, 3.05) is 55.4 Å². The zero-order valence-electron chi connectivity index (χ0n) is 53.7. The molecule has 0 unspecified atom stereocenters. The van der Waals surface area contributed by atoms with E-state index in [-0.39, 0.29) is 19.4 Å². The second-order valence-electron chi connectivity index (χ2n) is 25.0. The van der Waals surface area contributed by atoms with Crippen LogP contribution in [-0.2, 0) is 63.9 Å². The van der Waals surface area contributed by atoms with Crippen molar-refractivity contribution < 1.29 is 62.2 Å². The molecule has 0 saturated carbocycles. The van der Waals surface area contributed by atoms with Gasteiger partial charge in [0, 0.05) is 53.7 Å². The Bertz CT molecular complexity index is 2500. The summed E-state index contributed by atoms with van der Waals surface area (Å²) in [6.07, 6.45) is -0.0438. The van der Waals surface area contributed by atoms with Crippen LogP contribution >= 0.6 is 0 Å². The smallest absolute Gasteiger partial charge is 0.329 e. The molecule has 23 heteroatoms. The molecule has 0 spiro atoms. The summed E-state index contributed by atoms with van der Waals surface area (Å²) < 4.78 is 11.2. The molecule has 1 aromatic carbocycles. The number of nitrogens with one attached hydrogen (secondary N) is 4. The number of nitrogens with zero attached hydrogens (tertiary/aromatic N) is 6. The minimum Gasteiger partial charge on any atom is -0.497 e. The molecule has 2 heterocycles. The maximum absolute atomic E-state index is 15.2. The summed E-state index contributed by atoms with van der Waals surface area (Å²) in [6, 6.07) is -3.41. The van der Waals surface area contributed by atoms with Crippen LogP contribution in [-0.4, -0.2) is 210 Å². The van der Waals surface area contributed by atoms with Crippen molar-refractivity contribution in [3.63, 3.8) is 0 Å². The summed E-state index contributed by atoms with van der Waals surface area (Å²) in [6.45, 7) is 23.6. The second-order valence-corrected chi connectivity index (χ2v) is 25.0. The van der Waals surface area contributed by atoms with Crippen molar-refractivity contribution >= 4 is 65.0 Å². The molecule has 3 rings (SSSR count). The molecule has 2 aliphatic rings. The molecular formula is C61H100N10O13. The number of likely N-dealkylation sites (N-methyl/N-ethyl adjacent to an activating group) is 5. The Morgan fingerprint density at radius 3 is 1.69 bits per heavy atom. The third-order valence-corrected chi connectivity index (χ3v) is 16.3. The van der Waals surface area contributed by atoms with E-state index in [4.69, 9.17) is 9.47 Å². The van der Waals surface area contributed by atoms with Crippen LogP contribution in [0.2, 0.25) is 0 Å². The van der Waals surface area contributed by atoms with Crippen LogP contribution in [0.15, 0.2) is 24.3 Å². The number of methoxy groups -OCH3 is 1. The minimum atomic E-state index is -1.53. The Labute approximate surface area is 498 Å². The van der Waals surface area contributed by atoms with Crippen LogP contribution in [0, 0.1) is 29.6 Å². The second kappa shape index (κ2) is 31.4. The predicted molar refractivity (Wildman–Crippen MR) is 317 cm³/mol. The molecule has 2 saturated heterocycles. The molecule has 472 valence electrons. The van der Waals surface area contributed by atoms with Crippen LogP contribution in [0.4, 0.5) is 0 Å². The van der Waals surface area contributed by atoms with Gasteiger partial charge in [0.25, 0.3) is 5.91 Å². The largest absolute Gasteiger partial charge is 0.497 e. The first kappa shape index (κ1) is 71.5. The van der Waals surface area contributed by atoms with Gasteiger partial charge < -0.3 is 60.1 Å². The molecule has 0 aromatic heterocycles. The van der Waals surface area contributed by atoms with Crippen LogP contribution in [0.1, 0.15) is 141 Å². The van der Waals surface area contributed by atoms with Crippen molar-refractivity contribution in [3.8, 4) is 5.75 Å². The minimum absolute atomic E-state index is 0.109. The van der Waals surface area contributed by atoms with E-state index < -0.39 is 168 Å². The van der Waals surface area contributed by atoms with Crippen LogP contribution in [0.3, 0.4) is 0 Å². The van der Waals surface area contributed by atoms with E-state index in [1.54, 1.807) is 100 Å². The van der Waals surface area contributed by atoms with E-state index >= 15 is 14.4 Å². The summed E-state index contributed by atoms with van der Waals surface area (Å²) in [5, 5.41) is 11.2. The van der Waals surface area contributed by atoms with Gasteiger partial charge in [0.1, 0.15) is 54.1 Å². The fourth-order valence-corrected chi connectivity index (χ4v) is 11.1. The fraction of sp³-hybridized carbons (Fsp3) is 0.721. The zero-order chi connectivity index (χ0) is 64.0. The van der Waals surface area contributed by atoms with E-state index in [9.17, 15) is 38.4 Å². The maximum Gasteiger partial charge on any atom is 0.329 e. The lowest BCUT2D eigenvalue weighted by atomic mass is 9.92. The number of carbonyl (C=O) groups excluding carboxylic acids is 11. The molecule has 10 amide bonds. The van der Waals surface area contributed by atoms with Crippen LogP contribution in [0.25, 0.3) is 0 Å². The van der Waals surface area contributed by atoms with Gasteiger partial charge in [-0.15, -0.1) is 0 Å². The van der Waals surface area contributed by atoms with Crippen molar-refractivity contribution in [1.29, 1.82) is 0 Å². The number of amides is 10. The highest BCUT2D eigenvalue weighted by Crippen LogP contribution is 2.27. The van der Waals surface area contributed by atoms with Gasteiger partial charge in [-0.1, -0.05) is 94.2 Å². The number of piperidine rings is 1. The SMILES string of the molecule is CC[C@H](C)[C@H]1C(=O)NCC(=O)N(C)[C@@H](C(C)C)C(=O)N[C@@H](Cc2ccc(OC)cc2)C(=O)O[C@H](C)C(=O)N2CCCC[C@H]2C(=O)N(C)[C@@H](C(C)C)C(=O)N[C@@H](C(C)C)C(=O)N(C)[C@@H](CC(=O)NC(C)(C)C)C(=O)N(C)[C@@H]([C@@H](C)CC)C(=O)N1C. The highest BCUT2D eigenvalue weighted by atomic mass is 16.5. The van der Waals surface area contributed by atoms with Crippen LogP contribution in [0.5, 0.6) is 5.75 Å². The first-order chi connectivity index (χ1) is 39.1. The molecule has 23 nitrogen and oxygen atoms in total. The van der Waals surface area contributed by atoms with Crippen molar-refractivity contribution in [3.05, 3.63) is 29.8 Å². The Hall–Kier alpha value is -6.81. The van der Waals surface area contributed by atoms with Gasteiger partial charge in [-0.2, -0.15) is 0 Å².